The van der Waals surface area contributed by atoms with E-state index >= 15 is 0 Å². The van der Waals surface area contributed by atoms with Gasteiger partial charge in [-0.15, -0.1) is 0 Å². The number of hydrogen-bond acceptors (Lipinski definition) is 5. The predicted molar refractivity (Wildman–Crippen MR) is 94.1 cm³/mol. The highest BCUT2D eigenvalue weighted by Crippen LogP contribution is 2.14. The minimum absolute atomic E-state index is 0.114. The molecule has 0 unspecified atom stereocenters. The zero-order chi connectivity index (χ0) is 20.1. The Kier molecular flexibility index (Phi) is 5.59. The van der Waals surface area contributed by atoms with Gasteiger partial charge in [-0.25, -0.2) is 13.6 Å². The first kappa shape index (κ1) is 19.0. The predicted octanol–water partition coefficient (Wildman–Crippen LogP) is 3.85. The number of carbonyl (C=O) groups excluding carboxylic acids is 3. The van der Waals surface area contributed by atoms with Crippen LogP contribution in [0.25, 0.3) is 0 Å². The number of esters is 1. The Hall–Kier alpha value is -3.81. The van der Waals surface area contributed by atoms with Gasteiger partial charge in [0.25, 0.3) is 5.91 Å². The van der Waals surface area contributed by atoms with Gasteiger partial charge in [0.15, 0.2) is 12.4 Å². The van der Waals surface area contributed by atoms with Crippen LogP contribution in [0.4, 0.5) is 14.5 Å². The summed E-state index contributed by atoms with van der Waals surface area (Å²) in [7, 11) is 0. The number of carbonyl (C=O) groups is 3. The minimum atomic E-state index is -0.904. The molecule has 0 aliphatic rings. The summed E-state index contributed by atoms with van der Waals surface area (Å²) in [6.07, 6.45) is 1.37. The number of rotatable bonds is 6. The van der Waals surface area contributed by atoms with Crippen LogP contribution < -0.4 is 5.32 Å². The van der Waals surface area contributed by atoms with Crippen molar-refractivity contribution in [3.63, 3.8) is 0 Å². The smallest absolute Gasteiger partial charge is 0.338 e. The van der Waals surface area contributed by atoms with Gasteiger partial charge in [0.2, 0.25) is 5.78 Å². The molecule has 8 heteroatoms. The standard InChI is InChI=1S/C20H13F2NO5/c21-13-5-8-16(22)15(10-13)17(24)11-28-20(26)12-3-6-14(7-4-12)23-19(25)18-2-1-9-27-18/h1-10H,11H2,(H,23,25). The van der Waals surface area contributed by atoms with Crippen molar-refractivity contribution < 1.29 is 32.3 Å². The molecule has 0 bridgehead atoms. The number of halogens is 2. The van der Waals surface area contributed by atoms with E-state index in [1.165, 1.54) is 36.6 Å². The van der Waals surface area contributed by atoms with Gasteiger partial charge in [0.05, 0.1) is 17.4 Å². The number of nitrogens with one attached hydrogen (secondary N) is 1. The van der Waals surface area contributed by atoms with Crippen molar-refractivity contribution >= 4 is 23.3 Å². The van der Waals surface area contributed by atoms with E-state index in [4.69, 9.17) is 9.15 Å². The zero-order valence-corrected chi connectivity index (χ0v) is 14.3. The topological polar surface area (TPSA) is 85.6 Å². The number of furan rings is 1. The maximum atomic E-state index is 13.5. The van der Waals surface area contributed by atoms with Gasteiger partial charge in [-0.1, -0.05) is 0 Å². The van der Waals surface area contributed by atoms with E-state index in [9.17, 15) is 23.2 Å². The molecule has 0 aliphatic carbocycles. The van der Waals surface area contributed by atoms with Crippen LogP contribution in [0.2, 0.25) is 0 Å². The molecule has 6 nitrogen and oxygen atoms in total. The lowest BCUT2D eigenvalue weighted by Gasteiger charge is -2.07. The molecular formula is C20H13F2NO5. The molecule has 1 aromatic heterocycles. The molecule has 0 saturated heterocycles. The quantitative estimate of drug-likeness (QED) is 0.515. The van der Waals surface area contributed by atoms with Crippen molar-refractivity contribution in [3.8, 4) is 0 Å². The summed E-state index contributed by atoms with van der Waals surface area (Å²) in [5.74, 6) is -3.70. The molecule has 1 N–H and O–H groups in total. The van der Waals surface area contributed by atoms with Crippen molar-refractivity contribution in [2.24, 2.45) is 0 Å². The van der Waals surface area contributed by atoms with E-state index in [0.717, 1.165) is 18.2 Å². The number of benzene rings is 2. The summed E-state index contributed by atoms with van der Waals surface area (Å²) in [4.78, 5) is 35.8. The summed E-state index contributed by atoms with van der Waals surface area (Å²) in [6, 6.07) is 11.2. The molecule has 0 saturated carbocycles. The highest BCUT2D eigenvalue weighted by Gasteiger charge is 2.16. The van der Waals surface area contributed by atoms with Gasteiger partial charge in [0.1, 0.15) is 11.6 Å². The van der Waals surface area contributed by atoms with Gasteiger partial charge in [0, 0.05) is 5.69 Å². The van der Waals surface area contributed by atoms with Crippen molar-refractivity contribution in [2.75, 3.05) is 11.9 Å². The molecule has 0 fully saturated rings. The Morgan fingerprint density at radius 2 is 1.75 bits per heavy atom. The molecule has 0 spiro atoms. The Morgan fingerprint density at radius 3 is 2.43 bits per heavy atom. The third-order valence-corrected chi connectivity index (χ3v) is 3.69. The molecule has 0 aliphatic heterocycles. The molecule has 2 aromatic carbocycles. The molecule has 28 heavy (non-hydrogen) atoms. The zero-order valence-electron chi connectivity index (χ0n) is 14.3. The van der Waals surface area contributed by atoms with Gasteiger partial charge in [-0.3, -0.25) is 9.59 Å². The van der Waals surface area contributed by atoms with E-state index in [1.807, 2.05) is 0 Å². The third-order valence-electron chi connectivity index (χ3n) is 3.69. The molecular weight excluding hydrogens is 372 g/mol. The van der Waals surface area contributed by atoms with E-state index in [0.29, 0.717) is 5.69 Å². The number of amides is 1. The van der Waals surface area contributed by atoms with Gasteiger partial charge in [-0.2, -0.15) is 0 Å². The maximum absolute atomic E-state index is 13.5. The maximum Gasteiger partial charge on any atom is 0.338 e. The average molecular weight is 385 g/mol. The molecule has 0 radical (unpaired) electrons. The Labute approximate surface area is 157 Å². The number of ether oxygens (including phenoxy) is 1. The first-order valence-corrected chi connectivity index (χ1v) is 8.04. The van der Waals surface area contributed by atoms with Crippen molar-refractivity contribution in [2.45, 2.75) is 0 Å². The number of hydrogen-bond donors (Lipinski definition) is 1. The molecule has 0 atom stereocenters. The van der Waals surface area contributed by atoms with Crippen LogP contribution in [-0.2, 0) is 4.74 Å². The van der Waals surface area contributed by atoms with E-state index in [2.05, 4.69) is 5.32 Å². The monoisotopic (exact) mass is 385 g/mol. The summed E-state index contributed by atoms with van der Waals surface area (Å²) in [5.41, 5.74) is 0.0307. The number of anilines is 1. The molecule has 3 rings (SSSR count). The minimum Gasteiger partial charge on any atom is -0.459 e. The van der Waals surface area contributed by atoms with E-state index in [1.54, 1.807) is 6.07 Å². The Morgan fingerprint density at radius 1 is 1.00 bits per heavy atom. The van der Waals surface area contributed by atoms with Crippen LogP contribution in [0.5, 0.6) is 0 Å². The fraction of sp³-hybridized carbons (Fsp3) is 0.0500. The lowest BCUT2D eigenvalue weighted by atomic mass is 10.1. The number of ketones is 1. The van der Waals surface area contributed by atoms with Crippen LogP contribution in [0.1, 0.15) is 31.3 Å². The second-order valence-electron chi connectivity index (χ2n) is 5.63. The van der Waals surface area contributed by atoms with Crippen LogP contribution >= 0.6 is 0 Å². The van der Waals surface area contributed by atoms with Gasteiger partial charge in [-0.05, 0) is 54.6 Å². The largest absolute Gasteiger partial charge is 0.459 e. The summed E-state index contributed by atoms with van der Waals surface area (Å²) in [6.45, 7) is -0.740. The first-order chi connectivity index (χ1) is 13.4. The van der Waals surface area contributed by atoms with Crippen LogP contribution in [0.3, 0.4) is 0 Å². The Bertz CT molecular complexity index is 1010. The highest BCUT2D eigenvalue weighted by atomic mass is 19.1. The normalized spacial score (nSPS) is 10.4. The lowest BCUT2D eigenvalue weighted by molar-refractivity contribution is 0.0473. The van der Waals surface area contributed by atoms with Gasteiger partial charge >= 0.3 is 5.97 Å². The van der Waals surface area contributed by atoms with E-state index in [-0.39, 0.29) is 11.3 Å². The molecule has 1 amide bonds. The fourth-order valence-corrected chi connectivity index (χ4v) is 2.29. The summed E-state index contributed by atoms with van der Waals surface area (Å²) < 4.78 is 36.5. The van der Waals surface area contributed by atoms with Crippen LogP contribution in [0, 0.1) is 11.6 Å². The van der Waals surface area contributed by atoms with Crippen molar-refractivity contribution in [1.82, 2.24) is 0 Å². The third kappa shape index (κ3) is 4.47. The second-order valence-corrected chi connectivity index (χ2v) is 5.63. The summed E-state index contributed by atoms with van der Waals surface area (Å²) in [5, 5.41) is 2.58. The van der Waals surface area contributed by atoms with Crippen LogP contribution in [0.15, 0.2) is 65.3 Å². The molecule has 142 valence electrons. The molecule has 3 aromatic rings. The van der Waals surface area contributed by atoms with E-state index < -0.39 is 41.5 Å². The average Bonchev–Trinajstić information content (AvgIpc) is 3.23. The first-order valence-electron chi connectivity index (χ1n) is 8.04. The number of Topliss-reactive ketones (excluding diaryl/α,β-unsaturated/α-hetero) is 1. The van der Waals surface area contributed by atoms with Crippen molar-refractivity contribution in [3.05, 3.63) is 89.4 Å². The molecule has 1 heterocycles. The van der Waals surface area contributed by atoms with Gasteiger partial charge < -0.3 is 14.5 Å². The Balaban J connectivity index is 1.58. The summed E-state index contributed by atoms with van der Waals surface area (Å²) >= 11 is 0. The van der Waals surface area contributed by atoms with Crippen LogP contribution in [-0.4, -0.2) is 24.3 Å². The second kappa shape index (κ2) is 8.26. The SMILES string of the molecule is O=C(OCC(=O)c1cc(F)ccc1F)c1ccc(NC(=O)c2ccco2)cc1. The highest BCUT2D eigenvalue weighted by molar-refractivity contribution is 6.02. The van der Waals surface area contributed by atoms with Crippen molar-refractivity contribution in [1.29, 1.82) is 0 Å². The fourth-order valence-electron chi connectivity index (χ4n) is 2.29. The lowest BCUT2D eigenvalue weighted by Crippen LogP contribution is -2.16.